The van der Waals surface area contributed by atoms with Gasteiger partial charge in [-0.15, -0.1) is 0 Å². The van der Waals surface area contributed by atoms with Crippen molar-refractivity contribution >= 4 is 11.6 Å². The molecule has 0 radical (unpaired) electrons. The summed E-state index contributed by atoms with van der Waals surface area (Å²) < 4.78 is 12.9. The fourth-order valence-electron chi connectivity index (χ4n) is 1.66. The maximum Gasteiger partial charge on any atom is 0.124 e. The van der Waals surface area contributed by atoms with Crippen molar-refractivity contribution in [3.8, 4) is 0 Å². The van der Waals surface area contributed by atoms with Gasteiger partial charge in [0.2, 0.25) is 0 Å². The molecule has 0 spiro atoms. The van der Waals surface area contributed by atoms with Crippen molar-refractivity contribution in [2.24, 2.45) is 5.92 Å². The van der Waals surface area contributed by atoms with Gasteiger partial charge >= 0.3 is 0 Å². The molecule has 4 heteroatoms. The molecule has 0 aliphatic carbocycles. The molecule has 0 fully saturated rings. The molecule has 2 N–H and O–H groups in total. The highest BCUT2D eigenvalue weighted by molar-refractivity contribution is 6.31. The molecule has 3 unspecified atom stereocenters. The Morgan fingerprint density at radius 1 is 1.35 bits per heavy atom. The zero-order valence-electron chi connectivity index (χ0n) is 10.4. The lowest BCUT2D eigenvalue weighted by Gasteiger charge is -2.24. The molecule has 0 bridgehead atoms. The molecule has 0 amide bonds. The minimum atomic E-state index is -0.331. The van der Waals surface area contributed by atoms with Crippen molar-refractivity contribution in [2.45, 2.75) is 32.9 Å². The minimum absolute atomic E-state index is 0.0205. The van der Waals surface area contributed by atoms with Gasteiger partial charge in [0, 0.05) is 23.7 Å². The lowest BCUT2D eigenvalue weighted by Crippen LogP contribution is -2.35. The van der Waals surface area contributed by atoms with E-state index in [2.05, 4.69) is 5.32 Å². The summed E-state index contributed by atoms with van der Waals surface area (Å²) in [6.07, 6.45) is 0. The summed E-state index contributed by atoms with van der Waals surface area (Å²) in [5.41, 5.74) is 0.866. The highest BCUT2D eigenvalue weighted by Crippen LogP contribution is 2.24. The van der Waals surface area contributed by atoms with Crippen LogP contribution >= 0.6 is 11.6 Å². The second kappa shape index (κ2) is 6.34. The molecule has 0 aromatic heterocycles. The van der Waals surface area contributed by atoms with E-state index in [0.717, 1.165) is 5.56 Å². The van der Waals surface area contributed by atoms with Crippen LogP contribution in [0.3, 0.4) is 0 Å². The van der Waals surface area contributed by atoms with Crippen molar-refractivity contribution in [1.29, 1.82) is 0 Å². The Morgan fingerprint density at radius 2 is 2.00 bits per heavy atom. The average molecular weight is 260 g/mol. The molecule has 0 aliphatic heterocycles. The summed E-state index contributed by atoms with van der Waals surface area (Å²) in [6.45, 7) is 6.09. The van der Waals surface area contributed by atoms with Crippen LogP contribution in [0.25, 0.3) is 0 Å². The first-order valence-electron chi connectivity index (χ1n) is 5.77. The van der Waals surface area contributed by atoms with Gasteiger partial charge in [-0.3, -0.25) is 0 Å². The molecule has 1 aromatic rings. The van der Waals surface area contributed by atoms with E-state index in [0.29, 0.717) is 5.02 Å². The highest BCUT2D eigenvalue weighted by Gasteiger charge is 2.16. The number of nitrogens with one attached hydrogen (secondary N) is 1. The largest absolute Gasteiger partial charge is 0.396 e. The number of aliphatic hydroxyl groups is 1. The predicted molar refractivity (Wildman–Crippen MR) is 68.7 cm³/mol. The molecule has 0 saturated carbocycles. The Labute approximate surface area is 107 Å². The van der Waals surface area contributed by atoms with E-state index in [1.54, 1.807) is 6.07 Å². The first-order chi connectivity index (χ1) is 7.95. The Balaban J connectivity index is 2.72. The summed E-state index contributed by atoms with van der Waals surface area (Å²) in [5, 5.41) is 12.8. The maximum atomic E-state index is 12.9. The summed E-state index contributed by atoms with van der Waals surface area (Å²) in [5.74, 6) is -0.167. The molecule has 0 aliphatic rings. The second-order valence-corrected chi connectivity index (χ2v) is 4.91. The van der Waals surface area contributed by atoms with Gasteiger partial charge in [0.05, 0.1) is 0 Å². The monoisotopic (exact) mass is 259 g/mol. The van der Waals surface area contributed by atoms with E-state index in [4.69, 9.17) is 16.7 Å². The van der Waals surface area contributed by atoms with E-state index in [1.165, 1.54) is 12.1 Å². The molecule has 96 valence electrons. The van der Waals surface area contributed by atoms with Gasteiger partial charge in [-0.2, -0.15) is 0 Å². The Bertz CT molecular complexity index is 372. The molecule has 0 saturated heterocycles. The molecular weight excluding hydrogens is 241 g/mol. The van der Waals surface area contributed by atoms with Crippen molar-refractivity contribution in [2.75, 3.05) is 6.61 Å². The predicted octanol–water partition coefficient (Wildman–Crippen LogP) is 3.15. The number of benzene rings is 1. The Hall–Kier alpha value is -0.640. The second-order valence-electron chi connectivity index (χ2n) is 4.50. The van der Waals surface area contributed by atoms with Crippen LogP contribution in [-0.2, 0) is 0 Å². The van der Waals surface area contributed by atoms with Crippen LogP contribution in [0.5, 0.6) is 0 Å². The standard InChI is InChI=1S/C13H19ClFNO/c1-8(7-17)9(2)16-10(3)12-5-4-11(15)6-13(12)14/h4-6,8-10,16-17H,7H2,1-3H3. The highest BCUT2D eigenvalue weighted by atomic mass is 35.5. The minimum Gasteiger partial charge on any atom is -0.396 e. The van der Waals surface area contributed by atoms with Crippen LogP contribution in [0.1, 0.15) is 32.4 Å². The smallest absolute Gasteiger partial charge is 0.124 e. The molecule has 3 atom stereocenters. The molecule has 17 heavy (non-hydrogen) atoms. The topological polar surface area (TPSA) is 32.3 Å². The van der Waals surface area contributed by atoms with Crippen LogP contribution in [0, 0.1) is 11.7 Å². The Kier molecular flexibility index (Phi) is 5.37. The summed E-state index contributed by atoms with van der Waals surface area (Å²) in [7, 11) is 0. The van der Waals surface area contributed by atoms with E-state index < -0.39 is 0 Å². The first kappa shape index (κ1) is 14.4. The molecule has 1 aromatic carbocycles. The quantitative estimate of drug-likeness (QED) is 0.852. The van der Waals surface area contributed by atoms with Gasteiger partial charge in [0.1, 0.15) is 5.82 Å². The third-order valence-electron chi connectivity index (χ3n) is 3.08. The maximum absolute atomic E-state index is 12.9. The summed E-state index contributed by atoms with van der Waals surface area (Å²) in [6, 6.07) is 4.59. The number of aliphatic hydroxyl groups excluding tert-OH is 1. The average Bonchev–Trinajstić information content (AvgIpc) is 2.27. The Morgan fingerprint density at radius 3 is 2.53 bits per heavy atom. The van der Waals surface area contributed by atoms with E-state index >= 15 is 0 Å². The SMILES string of the molecule is CC(NC(C)C(C)CO)c1ccc(F)cc1Cl. The fraction of sp³-hybridized carbons (Fsp3) is 0.538. The number of hydrogen-bond donors (Lipinski definition) is 2. The van der Waals surface area contributed by atoms with Crippen molar-refractivity contribution in [1.82, 2.24) is 5.32 Å². The first-order valence-corrected chi connectivity index (χ1v) is 6.15. The van der Waals surface area contributed by atoms with Gasteiger partial charge < -0.3 is 10.4 Å². The van der Waals surface area contributed by atoms with E-state index in [1.807, 2.05) is 20.8 Å². The van der Waals surface area contributed by atoms with Crippen molar-refractivity contribution in [3.05, 3.63) is 34.6 Å². The van der Waals surface area contributed by atoms with Gasteiger partial charge in [-0.1, -0.05) is 24.6 Å². The number of rotatable bonds is 5. The van der Waals surface area contributed by atoms with Crippen LogP contribution in [-0.4, -0.2) is 17.8 Å². The third-order valence-corrected chi connectivity index (χ3v) is 3.41. The number of halogens is 2. The van der Waals surface area contributed by atoms with Crippen LogP contribution in [0.4, 0.5) is 4.39 Å². The van der Waals surface area contributed by atoms with Gasteiger partial charge in [-0.25, -0.2) is 4.39 Å². The van der Waals surface area contributed by atoms with Crippen LogP contribution < -0.4 is 5.32 Å². The lowest BCUT2D eigenvalue weighted by atomic mass is 10.0. The molecule has 1 rings (SSSR count). The van der Waals surface area contributed by atoms with Crippen LogP contribution in [0.2, 0.25) is 5.02 Å². The fourth-order valence-corrected chi connectivity index (χ4v) is 1.99. The molecular formula is C13H19ClFNO. The normalized spacial score (nSPS) is 16.6. The zero-order chi connectivity index (χ0) is 13.0. The number of hydrogen-bond acceptors (Lipinski definition) is 2. The molecule has 0 heterocycles. The van der Waals surface area contributed by atoms with E-state index in [-0.39, 0.29) is 30.4 Å². The third kappa shape index (κ3) is 3.95. The van der Waals surface area contributed by atoms with Gasteiger partial charge in [0.15, 0.2) is 0 Å². The van der Waals surface area contributed by atoms with Crippen LogP contribution in [0.15, 0.2) is 18.2 Å². The molecule has 2 nitrogen and oxygen atoms in total. The lowest BCUT2D eigenvalue weighted by molar-refractivity contribution is 0.202. The van der Waals surface area contributed by atoms with Crippen molar-refractivity contribution in [3.63, 3.8) is 0 Å². The summed E-state index contributed by atoms with van der Waals surface area (Å²) in [4.78, 5) is 0. The van der Waals surface area contributed by atoms with E-state index in [9.17, 15) is 4.39 Å². The summed E-state index contributed by atoms with van der Waals surface area (Å²) >= 11 is 5.99. The zero-order valence-corrected chi connectivity index (χ0v) is 11.1. The van der Waals surface area contributed by atoms with Gasteiger partial charge in [-0.05, 0) is 37.5 Å². The van der Waals surface area contributed by atoms with Gasteiger partial charge in [0.25, 0.3) is 0 Å². The van der Waals surface area contributed by atoms with Crippen molar-refractivity contribution < 1.29 is 9.50 Å².